The molecule has 7 heteroatoms. The van der Waals surface area contributed by atoms with Crippen LogP contribution in [0.3, 0.4) is 0 Å². The molecule has 0 radical (unpaired) electrons. The van der Waals surface area contributed by atoms with Gasteiger partial charge in [0, 0.05) is 24.9 Å². The van der Waals surface area contributed by atoms with Crippen LogP contribution in [0.5, 0.6) is 0 Å². The molecule has 2 heterocycles. The maximum Gasteiger partial charge on any atom is 0.357 e. The highest BCUT2D eigenvalue weighted by Gasteiger charge is 2.73. The first-order valence-corrected chi connectivity index (χ1v) is 12.4. The minimum atomic E-state index is -0.388. The van der Waals surface area contributed by atoms with E-state index in [2.05, 4.69) is 27.7 Å². The number of ether oxygens (including phenoxy) is 1. The molecule has 6 rings (SSSR count). The molecule has 0 spiro atoms. The Morgan fingerprint density at radius 3 is 1.43 bits per heavy atom. The normalized spacial score (nSPS) is 34.1. The van der Waals surface area contributed by atoms with Gasteiger partial charge in [-0.3, -0.25) is 0 Å². The van der Waals surface area contributed by atoms with Gasteiger partial charge in [0.1, 0.15) is 12.5 Å². The molecule has 5 unspecified atom stereocenters. The fraction of sp³-hybridized carbons (Fsp3) is 0.500. The summed E-state index contributed by atoms with van der Waals surface area (Å²) in [6, 6.07) is 18.0. The number of carbonyl (C=O) groups is 2. The molecule has 35 heavy (non-hydrogen) atoms. The lowest BCUT2D eigenvalue weighted by atomic mass is 10.1. The number of carbonyl (C=O) groups excluding carboxylic acids is 2. The van der Waals surface area contributed by atoms with Gasteiger partial charge < -0.3 is 14.4 Å². The first kappa shape index (κ1) is 22.7. The summed E-state index contributed by atoms with van der Waals surface area (Å²) < 4.78 is 6.75. The molecule has 2 aromatic carbocycles. The quantitative estimate of drug-likeness (QED) is 0.613. The third-order valence-corrected chi connectivity index (χ3v) is 8.91. The number of nitrogens with zero attached hydrogens (tertiary/aromatic N) is 2. The highest BCUT2D eigenvalue weighted by molar-refractivity contribution is 5.89. The Kier molecular flexibility index (Phi) is 5.11. The summed E-state index contributed by atoms with van der Waals surface area (Å²) >= 11 is 0. The van der Waals surface area contributed by atoms with E-state index in [0.29, 0.717) is 36.1 Å². The number of hydroxylamine groups is 4. The van der Waals surface area contributed by atoms with Crippen molar-refractivity contribution < 1.29 is 24.0 Å². The van der Waals surface area contributed by atoms with Crippen LogP contribution in [-0.2, 0) is 14.4 Å². The van der Waals surface area contributed by atoms with Crippen LogP contribution in [0, 0.1) is 34.5 Å². The van der Waals surface area contributed by atoms with Gasteiger partial charge in [0.15, 0.2) is 0 Å². The summed E-state index contributed by atoms with van der Waals surface area (Å²) in [4.78, 5) is 37.3. The van der Waals surface area contributed by atoms with Gasteiger partial charge in [-0.2, -0.15) is 0 Å². The molecule has 4 aliphatic rings. The summed E-state index contributed by atoms with van der Waals surface area (Å²) in [7, 11) is 0. The van der Waals surface area contributed by atoms with Crippen LogP contribution in [0.15, 0.2) is 60.7 Å². The van der Waals surface area contributed by atoms with Gasteiger partial charge in [0.2, 0.25) is 0 Å². The van der Waals surface area contributed by atoms with E-state index in [4.69, 9.17) is 14.4 Å². The number of hydrogen-bond acceptors (Lipinski definition) is 7. The number of benzene rings is 2. The van der Waals surface area contributed by atoms with Crippen molar-refractivity contribution in [3.63, 3.8) is 0 Å². The van der Waals surface area contributed by atoms with Crippen molar-refractivity contribution in [3.05, 3.63) is 71.8 Å². The van der Waals surface area contributed by atoms with Gasteiger partial charge in [-0.15, -0.1) is 10.1 Å². The van der Waals surface area contributed by atoms with Crippen LogP contribution in [0.2, 0.25) is 0 Å². The average molecular weight is 477 g/mol. The van der Waals surface area contributed by atoms with Crippen molar-refractivity contribution >= 4 is 11.9 Å². The lowest BCUT2D eigenvalue weighted by Crippen LogP contribution is -2.47. The highest BCUT2D eigenvalue weighted by Crippen LogP contribution is 2.68. The van der Waals surface area contributed by atoms with E-state index in [1.165, 1.54) is 0 Å². The van der Waals surface area contributed by atoms with Crippen molar-refractivity contribution in [2.24, 2.45) is 34.5 Å². The minimum absolute atomic E-state index is 0.114. The van der Waals surface area contributed by atoms with E-state index in [0.717, 1.165) is 0 Å². The van der Waals surface area contributed by atoms with E-state index in [9.17, 15) is 9.59 Å². The van der Waals surface area contributed by atoms with Crippen LogP contribution in [0.25, 0.3) is 0 Å². The molecule has 184 valence electrons. The number of fused-ring (bicyclic) bond motifs is 2. The molecule has 2 aliphatic heterocycles. The lowest BCUT2D eigenvalue weighted by Gasteiger charge is -2.35. The third kappa shape index (κ3) is 3.68. The van der Waals surface area contributed by atoms with E-state index < -0.39 is 0 Å². The van der Waals surface area contributed by atoms with E-state index in [1.807, 2.05) is 36.4 Å². The maximum absolute atomic E-state index is 12.8. The van der Waals surface area contributed by atoms with E-state index >= 15 is 0 Å². The molecule has 0 bridgehead atoms. The summed E-state index contributed by atoms with van der Waals surface area (Å²) in [5.74, 6) is 0.502. The van der Waals surface area contributed by atoms with Crippen molar-refractivity contribution in [1.82, 2.24) is 10.1 Å². The Balaban J connectivity index is 1.21. The Bertz CT molecular complexity index is 1050. The number of rotatable bonds is 6. The van der Waals surface area contributed by atoms with Crippen molar-refractivity contribution in [3.8, 4) is 0 Å². The van der Waals surface area contributed by atoms with Crippen LogP contribution < -0.4 is 0 Å². The number of piperidine rings is 2. The fourth-order valence-electron chi connectivity index (χ4n) is 6.45. The van der Waals surface area contributed by atoms with Crippen molar-refractivity contribution in [2.45, 2.75) is 40.2 Å². The Morgan fingerprint density at radius 1 is 0.686 bits per heavy atom. The largest absolute Gasteiger partial charge is 0.361 e. The zero-order valence-electron chi connectivity index (χ0n) is 20.6. The molecule has 2 saturated carbocycles. The monoisotopic (exact) mass is 476 g/mol. The topological polar surface area (TPSA) is 68.3 Å². The van der Waals surface area contributed by atoms with Gasteiger partial charge in [-0.25, -0.2) is 9.59 Å². The zero-order chi connectivity index (χ0) is 24.5. The number of hydrogen-bond donors (Lipinski definition) is 0. The second-order valence-electron chi connectivity index (χ2n) is 11.5. The second kappa shape index (κ2) is 7.88. The summed E-state index contributed by atoms with van der Waals surface area (Å²) in [5, 5.41) is 3.41. The summed E-state index contributed by atoms with van der Waals surface area (Å²) in [5.41, 5.74) is 1.24. The van der Waals surface area contributed by atoms with Crippen LogP contribution in [0.4, 0.5) is 0 Å². The van der Waals surface area contributed by atoms with E-state index in [-0.39, 0.29) is 47.1 Å². The maximum atomic E-state index is 12.8. The van der Waals surface area contributed by atoms with Crippen molar-refractivity contribution in [2.75, 3.05) is 13.1 Å². The zero-order valence-corrected chi connectivity index (χ0v) is 20.6. The molecule has 6 atom stereocenters. The van der Waals surface area contributed by atoms with Crippen LogP contribution in [0.1, 0.15) is 48.4 Å². The molecule has 0 N–H and O–H groups in total. The van der Waals surface area contributed by atoms with E-state index in [1.54, 1.807) is 34.4 Å². The Hall–Kier alpha value is -2.74. The molecule has 2 aliphatic carbocycles. The average Bonchev–Trinajstić information content (AvgIpc) is 3.35. The minimum Gasteiger partial charge on any atom is -0.361 e. The lowest BCUT2D eigenvalue weighted by molar-refractivity contribution is -0.287. The first-order valence-electron chi connectivity index (χ1n) is 12.4. The molecular weight excluding hydrogens is 444 g/mol. The van der Waals surface area contributed by atoms with Gasteiger partial charge in [0.05, 0.1) is 11.1 Å². The SMILES string of the molecule is CC1(C)C2CN(OC(=O)c3ccccc3)C(OC3[C@H]4C(CN3OC(=O)c3ccccc3)C4(C)C)C21. The third-order valence-electron chi connectivity index (χ3n) is 8.91. The molecule has 2 aromatic rings. The van der Waals surface area contributed by atoms with Gasteiger partial charge in [-0.1, -0.05) is 64.1 Å². The highest BCUT2D eigenvalue weighted by atomic mass is 16.8. The molecular formula is C28H32N2O5. The second-order valence-corrected chi connectivity index (χ2v) is 11.5. The fourth-order valence-corrected chi connectivity index (χ4v) is 6.45. The molecule has 7 nitrogen and oxygen atoms in total. The molecule has 0 aromatic heterocycles. The molecule has 4 fully saturated rings. The van der Waals surface area contributed by atoms with Crippen LogP contribution >= 0.6 is 0 Å². The predicted octanol–water partition coefficient (Wildman–Crippen LogP) is 4.37. The van der Waals surface area contributed by atoms with Crippen molar-refractivity contribution in [1.29, 1.82) is 0 Å². The smallest absolute Gasteiger partial charge is 0.357 e. The molecule has 0 amide bonds. The summed E-state index contributed by atoms with van der Waals surface area (Å²) in [6.07, 6.45) is -0.776. The first-order chi connectivity index (χ1) is 16.7. The standard InChI is InChI=1S/C28H32N2O5/c1-27(2)19-15-29(34-25(31)17-11-7-5-8-12-17)23(21(19)27)33-24-22-20(28(22,3)4)16-30(24)35-26(32)18-13-9-6-10-14-18/h5-14,19-24H,15-16H2,1-4H3/t19?,20?,21-,22?,23?,24?/m1/s1. The van der Waals surface area contributed by atoms with Gasteiger partial charge in [0.25, 0.3) is 0 Å². The van der Waals surface area contributed by atoms with Crippen LogP contribution in [-0.4, -0.2) is 47.6 Å². The molecule has 2 saturated heterocycles. The van der Waals surface area contributed by atoms with Gasteiger partial charge >= 0.3 is 11.9 Å². The Labute approximate surface area is 205 Å². The Morgan fingerprint density at radius 2 is 1.06 bits per heavy atom. The van der Waals surface area contributed by atoms with Gasteiger partial charge in [-0.05, 0) is 46.9 Å². The predicted molar refractivity (Wildman–Crippen MR) is 127 cm³/mol. The summed E-state index contributed by atoms with van der Waals surface area (Å²) in [6.45, 7) is 10.2.